The van der Waals surface area contributed by atoms with Crippen molar-refractivity contribution in [3.8, 4) is 0 Å². The minimum Gasteiger partial charge on any atom is -0.425 e. The smallest absolute Gasteiger partial charge is 0.341 e. The van der Waals surface area contributed by atoms with Gasteiger partial charge in [-0.2, -0.15) is 0 Å². The van der Waals surface area contributed by atoms with E-state index in [1.165, 1.54) is 103 Å². The van der Waals surface area contributed by atoms with Crippen molar-refractivity contribution >= 4 is 5.97 Å². The van der Waals surface area contributed by atoms with Crippen molar-refractivity contribution in [2.45, 2.75) is 129 Å². The molecule has 0 aromatic rings. The van der Waals surface area contributed by atoms with Gasteiger partial charge in [-0.3, -0.25) is 0 Å². The lowest BCUT2D eigenvalue weighted by Crippen LogP contribution is -2.07. The van der Waals surface area contributed by atoms with Crippen LogP contribution in [0.2, 0.25) is 0 Å². The first-order chi connectivity index (χ1) is 13.7. The molecule has 1 N–H and O–H groups in total. The predicted molar refractivity (Wildman–Crippen MR) is 118 cm³/mol. The van der Waals surface area contributed by atoms with Gasteiger partial charge in [-0.05, 0) is 12.8 Å². The minimum absolute atomic E-state index is 0.152. The Morgan fingerprint density at radius 2 is 1.18 bits per heavy atom. The van der Waals surface area contributed by atoms with Crippen LogP contribution in [0.3, 0.4) is 0 Å². The van der Waals surface area contributed by atoms with Gasteiger partial charge in [0.25, 0.3) is 0 Å². The molecule has 3 nitrogen and oxygen atoms in total. The zero-order valence-corrected chi connectivity index (χ0v) is 18.4. The fraction of sp³-hybridized carbons (Fsp3) is 0.800. The molecule has 3 heteroatoms. The van der Waals surface area contributed by atoms with Crippen LogP contribution < -0.4 is 0 Å². The van der Waals surface area contributed by atoms with Crippen LogP contribution in [0.15, 0.2) is 24.0 Å². The van der Waals surface area contributed by atoms with Crippen molar-refractivity contribution in [2.24, 2.45) is 0 Å². The van der Waals surface area contributed by atoms with Crippen LogP contribution >= 0.6 is 0 Å². The molecule has 1 fully saturated rings. The van der Waals surface area contributed by atoms with Gasteiger partial charge in [-0.15, -0.1) is 0 Å². The maximum Gasteiger partial charge on any atom is 0.341 e. The zero-order chi connectivity index (χ0) is 20.5. The number of unbranched alkanes of at least 4 members (excludes halogenated alkanes) is 17. The summed E-state index contributed by atoms with van der Waals surface area (Å²) in [7, 11) is 0. The van der Waals surface area contributed by atoms with Crippen LogP contribution in [0.25, 0.3) is 0 Å². The number of carbonyl (C=O) groups excluding carboxylic acids is 1. The Balaban J connectivity index is 1.79. The monoisotopic (exact) mass is 392 g/mol. The number of carbonyl (C=O) groups is 1. The number of ether oxygens (including phenoxy) is 1. The van der Waals surface area contributed by atoms with E-state index >= 15 is 0 Å². The van der Waals surface area contributed by atoms with E-state index in [2.05, 4.69) is 13.5 Å². The van der Waals surface area contributed by atoms with Gasteiger partial charge in [0.1, 0.15) is 11.9 Å². The molecule has 1 aliphatic rings. The van der Waals surface area contributed by atoms with E-state index < -0.39 is 12.1 Å². The molecule has 0 aromatic carbocycles. The highest BCUT2D eigenvalue weighted by Gasteiger charge is 2.32. The summed E-state index contributed by atoms with van der Waals surface area (Å²) >= 11 is 0. The molecule has 0 aromatic heterocycles. The van der Waals surface area contributed by atoms with E-state index in [9.17, 15) is 9.90 Å². The van der Waals surface area contributed by atoms with Gasteiger partial charge in [-0.1, -0.05) is 122 Å². The van der Waals surface area contributed by atoms with Crippen LogP contribution in [0, 0.1) is 0 Å². The largest absolute Gasteiger partial charge is 0.425 e. The van der Waals surface area contributed by atoms with Gasteiger partial charge in [0.15, 0.2) is 0 Å². The van der Waals surface area contributed by atoms with Crippen LogP contribution in [0.4, 0.5) is 0 Å². The quantitative estimate of drug-likeness (QED) is 0.150. The van der Waals surface area contributed by atoms with Crippen molar-refractivity contribution in [1.29, 1.82) is 0 Å². The summed E-state index contributed by atoms with van der Waals surface area (Å²) in [5, 5.41) is 9.76. The lowest BCUT2D eigenvalue weighted by atomic mass is 10.0. The SMILES string of the molecule is C=C1OC(=O)/C(=C\CCCCCCCCCCCCCCCCCCC)[C@H]1O. The molecule has 0 saturated carbocycles. The Morgan fingerprint density at radius 1 is 0.786 bits per heavy atom. The van der Waals surface area contributed by atoms with E-state index in [0.29, 0.717) is 5.57 Å². The molecule has 1 heterocycles. The van der Waals surface area contributed by atoms with Crippen LogP contribution in [-0.2, 0) is 9.53 Å². The predicted octanol–water partition coefficient (Wildman–Crippen LogP) is 7.39. The number of aliphatic hydroxyl groups is 1. The number of allylic oxidation sites excluding steroid dienone is 1. The van der Waals surface area contributed by atoms with Crippen molar-refractivity contribution in [3.05, 3.63) is 24.0 Å². The Morgan fingerprint density at radius 3 is 1.54 bits per heavy atom. The molecule has 1 aliphatic heterocycles. The summed E-state index contributed by atoms with van der Waals surface area (Å²) in [5.41, 5.74) is 0.362. The maximum atomic E-state index is 11.5. The first kappa shape index (κ1) is 24.9. The van der Waals surface area contributed by atoms with Crippen molar-refractivity contribution in [2.75, 3.05) is 0 Å². The summed E-state index contributed by atoms with van der Waals surface area (Å²) < 4.78 is 4.82. The van der Waals surface area contributed by atoms with Gasteiger partial charge in [0.2, 0.25) is 0 Å². The molecule has 0 aliphatic carbocycles. The molecule has 0 unspecified atom stereocenters. The third-order valence-corrected chi connectivity index (χ3v) is 5.73. The molecule has 1 saturated heterocycles. The number of hydrogen-bond donors (Lipinski definition) is 1. The summed E-state index contributed by atoms with van der Waals surface area (Å²) in [6, 6.07) is 0. The Bertz CT molecular complexity index is 453. The van der Waals surface area contributed by atoms with Gasteiger partial charge in [0, 0.05) is 0 Å². The average Bonchev–Trinajstić information content (AvgIpc) is 2.92. The van der Waals surface area contributed by atoms with Crippen molar-refractivity contribution < 1.29 is 14.6 Å². The molecule has 1 atom stereocenters. The zero-order valence-electron chi connectivity index (χ0n) is 18.4. The number of hydrogen-bond acceptors (Lipinski definition) is 3. The highest BCUT2D eigenvalue weighted by Crippen LogP contribution is 2.24. The van der Waals surface area contributed by atoms with E-state index in [1.807, 2.05) is 6.08 Å². The number of rotatable bonds is 18. The molecule has 162 valence electrons. The van der Waals surface area contributed by atoms with E-state index in [-0.39, 0.29) is 5.76 Å². The van der Waals surface area contributed by atoms with Crippen molar-refractivity contribution in [1.82, 2.24) is 0 Å². The second kappa shape index (κ2) is 16.8. The number of esters is 1. The fourth-order valence-corrected chi connectivity index (χ4v) is 3.84. The van der Waals surface area contributed by atoms with Crippen LogP contribution in [0.5, 0.6) is 0 Å². The van der Waals surface area contributed by atoms with Crippen LogP contribution in [-0.4, -0.2) is 17.2 Å². The van der Waals surface area contributed by atoms with E-state index in [4.69, 9.17) is 4.74 Å². The molecule has 0 radical (unpaired) electrons. The standard InChI is InChI=1S/C25H44O3/c1-3-4-5-6-7-8-9-10-11-12-13-14-15-16-17-18-19-20-21-23-24(26)22(2)28-25(23)27/h21,24,26H,2-20H2,1H3/b23-21-/t24-/m0/s1. The van der Waals surface area contributed by atoms with Gasteiger partial charge >= 0.3 is 5.97 Å². The second-order valence-corrected chi connectivity index (χ2v) is 8.36. The molecule has 28 heavy (non-hydrogen) atoms. The average molecular weight is 393 g/mol. The van der Waals surface area contributed by atoms with Crippen LogP contribution in [0.1, 0.15) is 122 Å². The van der Waals surface area contributed by atoms with Gasteiger partial charge < -0.3 is 9.84 Å². The van der Waals surface area contributed by atoms with Gasteiger partial charge in [-0.25, -0.2) is 4.79 Å². The Hall–Kier alpha value is -1.09. The highest BCUT2D eigenvalue weighted by atomic mass is 16.6. The topological polar surface area (TPSA) is 46.5 Å². The summed E-state index contributed by atoms with van der Waals surface area (Å²) in [6.07, 6.45) is 24.9. The Kier molecular flexibility index (Phi) is 15.0. The van der Waals surface area contributed by atoms with E-state index in [1.54, 1.807) is 0 Å². The second-order valence-electron chi connectivity index (χ2n) is 8.36. The molecular weight excluding hydrogens is 348 g/mol. The number of aliphatic hydroxyl groups excluding tert-OH is 1. The lowest BCUT2D eigenvalue weighted by Gasteiger charge is -2.03. The first-order valence-corrected chi connectivity index (χ1v) is 12.0. The summed E-state index contributed by atoms with van der Waals surface area (Å²) in [5.74, 6) is -0.289. The summed E-state index contributed by atoms with van der Waals surface area (Å²) in [6.45, 7) is 5.81. The molecule has 0 bridgehead atoms. The lowest BCUT2D eigenvalue weighted by molar-refractivity contribution is -0.132. The number of cyclic esters (lactones) is 1. The third-order valence-electron chi connectivity index (χ3n) is 5.73. The molecular formula is C25H44O3. The fourth-order valence-electron chi connectivity index (χ4n) is 3.84. The van der Waals surface area contributed by atoms with E-state index in [0.717, 1.165) is 12.8 Å². The molecule has 0 spiro atoms. The normalized spacial score (nSPS) is 18.2. The Labute approximate surface area is 173 Å². The highest BCUT2D eigenvalue weighted by molar-refractivity contribution is 5.93. The summed E-state index contributed by atoms with van der Waals surface area (Å²) in [4.78, 5) is 11.5. The van der Waals surface area contributed by atoms with Crippen molar-refractivity contribution in [3.63, 3.8) is 0 Å². The maximum absolute atomic E-state index is 11.5. The minimum atomic E-state index is -0.932. The third kappa shape index (κ3) is 11.7. The molecule has 1 rings (SSSR count). The molecule has 0 amide bonds. The van der Waals surface area contributed by atoms with Gasteiger partial charge in [0.05, 0.1) is 5.57 Å². The first-order valence-electron chi connectivity index (χ1n) is 12.0.